The Balaban J connectivity index is 0. The average molecular weight is 161 g/mol. The number of quaternary nitrogens is 1. The molecule has 0 heterocycles. The van der Waals surface area contributed by atoms with Crippen molar-refractivity contribution in [2.45, 2.75) is 53.1 Å². The summed E-state index contributed by atoms with van der Waals surface area (Å²) in [6.07, 6.45) is 2.65. The molecule has 0 aliphatic heterocycles. The summed E-state index contributed by atoms with van der Waals surface area (Å²) in [5, 5.41) is 11.2. The van der Waals surface area contributed by atoms with Crippen molar-refractivity contribution in [1.82, 2.24) is 6.15 Å². The lowest BCUT2D eigenvalue weighted by Gasteiger charge is -2.41. The van der Waals surface area contributed by atoms with E-state index in [0.717, 1.165) is 19.3 Å². The number of rotatable bonds is 4. The van der Waals surface area contributed by atoms with Gasteiger partial charge in [-0.05, 0) is 5.41 Å². The Hall–Kier alpha value is -0.0800. The molecular formula is C9H23NO. The third kappa shape index (κ3) is 2.80. The molecule has 0 spiro atoms. The molecule has 0 saturated carbocycles. The summed E-state index contributed by atoms with van der Waals surface area (Å²) in [5.74, 6) is 0. The van der Waals surface area contributed by atoms with Crippen LogP contribution in [0.4, 0.5) is 0 Å². The fraction of sp³-hybridized carbons (Fsp3) is 1.00. The van der Waals surface area contributed by atoms with Gasteiger partial charge in [-0.3, -0.25) is 0 Å². The lowest BCUT2D eigenvalue weighted by Crippen LogP contribution is -2.40. The quantitative estimate of drug-likeness (QED) is 0.676. The first-order chi connectivity index (χ1) is 4.63. The highest BCUT2D eigenvalue weighted by Crippen LogP contribution is 2.32. The highest BCUT2D eigenvalue weighted by atomic mass is 16.3. The van der Waals surface area contributed by atoms with Crippen molar-refractivity contribution >= 4 is 0 Å². The fourth-order valence-electron chi connectivity index (χ4n) is 1.61. The van der Waals surface area contributed by atoms with Crippen molar-refractivity contribution in [3.8, 4) is 0 Å². The lowest BCUT2D eigenvalue weighted by molar-refractivity contribution is -0.443. The Bertz CT molecular complexity index is 79.3. The summed E-state index contributed by atoms with van der Waals surface area (Å²) >= 11 is 0. The molecule has 1 unspecified atom stereocenters. The van der Waals surface area contributed by atoms with Gasteiger partial charge in [0.1, 0.15) is 0 Å². The Morgan fingerprint density at radius 3 is 1.36 bits per heavy atom. The molecule has 2 heteroatoms. The summed E-state index contributed by atoms with van der Waals surface area (Å²) in [5.41, 5.74) is 0.0694. The first-order valence-corrected chi connectivity index (χ1v) is 4.28. The molecule has 0 aliphatic rings. The SMILES string of the molecule is CCC(CC)(CC)C(C)[O-].[NH4+]. The van der Waals surface area contributed by atoms with Gasteiger partial charge in [0, 0.05) is 0 Å². The van der Waals surface area contributed by atoms with Gasteiger partial charge in [-0.15, -0.1) is 6.10 Å². The van der Waals surface area contributed by atoms with E-state index in [-0.39, 0.29) is 11.6 Å². The molecule has 4 N–H and O–H groups in total. The van der Waals surface area contributed by atoms with E-state index >= 15 is 0 Å². The molecule has 0 bridgehead atoms. The zero-order valence-electron chi connectivity index (χ0n) is 8.61. The molecule has 11 heavy (non-hydrogen) atoms. The van der Waals surface area contributed by atoms with Crippen LogP contribution in [0.1, 0.15) is 47.0 Å². The summed E-state index contributed by atoms with van der Waals surface area (Å²) in [6.45, 7) is 8.13. The normalized spacial score (nSPS) is 13.9. The van der Waals surface area contributed by atoms with E-state index in [9.17, 15) is 5.11 Å². The molecule has 0 aromatic rings. The van der Waals surface area contributed by atoms with Gasteiger partial charge >= 0.3 is 0 Å². The summed E-state index contributed by atoms with van der Waals surface area (Å²) in [4.78, 5) is 0. The van der Waals surface area contributed by atoms with Crippen LogP contribution in [0.5, 0.6) is 0 Å². The minimum Gasteiger partial charge on any atom is -0.852 e. The van der Waals surface area contributed by atoms with Crippen molar-refractivity contribution in [3.63, 3.8) is 0 Å². The van der Waals surface area contributed by atoms with Crippen molar-refractivity contribution in [1.29, 1.82) is 0 Å². The van der Waals surface area contributed by atoms with E-state index < -0.39 is 6.10 Å². The third-order valence-electron chi connectivity index (χ3n) is 2.97. The highest BCUT2D eigenvalue weighted by Gasteiger charge is 2.23. The predicted octanol–water partition coefficient (Wildman–Crippen LogP) is 2.33. The smallest absolute Gasteiger partial charge is 0.0433 e. The maximum Gasteiger partial charge on any atom is -0.0433 e. The molecule has 0 saturated heterocycles. The Morgan fingerprint density at radius 2 is 1.36 bits per heavy atom. The van der Waals surface area contributed by atoms with E-state index in [2.05, 4.69) is 20.8 Å². The van der Waals surface area contributed by atoms with Crippen LogP contribution in [0.3, 0.4) is 0 Å². The van der Waals surface area contributed by atoms with Crippen molar-refractivity contribution in [2.75, 3.05) is 0 Å². The maximum absolute atomic E-state index is 11.2. The van der Waals surface area contributed by atoms with Crippen LogP contribution in [0.15, 0.2) is 0 Å². The van der Waals surface area contributed by atoms with E-state index in [1.165, 1.54) is 0 Å². The standard InChI is InChI=1S/C9H19O.H3N/c1-5-9(6-2,7-3)8(4)10;/h8H,5-7H2,1-4H3;1H3/q-1;/p+1. The Morgan fingerprint density at radius 1 is 1.09 bits per heavy atom. The summed E-state index contributed by atoms with van der Waals surface area (Å²) in [7, 11) is 0. The number of hydrogen-bond acceptors (Lipinski definition) is 1. The topological polar surface area (TPSA) is 59.6 Å². The van der Waals surface area contributed by atoms with Crippen LogP contribution < -0.4 is 11.3 Å². The van der Waals surface area contributed by atoms with Crippen molar-refractivity contribution in [3.05, 3.63) is 0 Å². The molecule has 0 rings (SSSR count). The second kappa shape index (κ2) is 5.56. The van der Waals surface area contributed by atoms with Gasteiger partial charge in [0.15, 0.2) is 0 Å². The van der Waals surface area contributed by atoms with Gasteiger partial charge in [0.2, 0.25) is 0 Å². The van der Waals surface area contributed by atoms with Crippen LogP contribution in [0.25, 0.3) is 0 Å². The van der Waals surface area contributed by atoms with E-state index in [4.69, 9.17) is 0 Å². The molecule has 0 amide bonds. The molecule has 70 valence electrons. The second-order valence-electron chi connectivity index (χ2n) is 3.07. The lowest BCUT2D eigenvalue weighted by atomic mass is 9.75. The zero-order chi connectivity index (χ0) is 8.20. The first-order valence-electron chi connectivity index (χ1n) is 4.28. The third-order valence-corrected chi connectivity index (χ3v) is 2.97. The molecule has 0 radical (unpaired) electrons. The highest BCUT2D eigenvalue weighted by molar-refractivity contribution is 4.78. The second-order valence-corrected chi connectivity index (χ2v) is 3.07. The fourth-order valence-corrected chi connectivity index (χ4v) is 1.61. The van der Waals surface area contributed by atoms with E-state index in [1.54, 1.807) is 6.92 Å². The molecule has 0 fully saturated rings. The van der Waals surface area contributed by atoms with Gasteiger partial charge in [-0.1, -0.05) is 47.0 Å². The van der Waals surface area contributed by atoms with Crippen LogP contribution >= 0.6 is 0 Å². The molecule has 1 atom stereocenters. The molecule has 0 aromatic heterocycles. The summed E-state index contributed by atoms with van der Waals surface area (Å²) in [6, 6.07) is 0. The average Bonchev–Trinajstić information content (AvgIpc) is 1.92. The van der Waals surface area contributed by atoms with Gasteiger partial charge < -0.3 is 11.3 Å². The molecule has 2 nitrogen and oxygen atoms in total. The number of hydrogen-bond donors (Lipinski definition) is 1. The van der Waals surface area contributed by atoms with Gasteiger partial charge in [0.25, 0.3) is 0 Å². The minimum atomic E-state index is -0.410. The largest absolute Gasteiger partial charge is 0.852 e. The first kappa shape index (κ1) is 13.5. The van der Waals surface area contributed by atoms with Gasteiger partial charge in [-0.2, -0.15) is 0 Å². The van der Waals surface area contributed by atoms with Crippen LogP contribution in [-0.4, -0.2) is 6.10 Å². The molecular weight excluding hydrogens is 138 g/mol. The monoisotopic (exact) mass is 161 g/mol. The van der Waals surface area contributed by atoms with E-state index in [0.29, 0.717) is 0 Å². The zero-order valence-corrected chi connectivity index (χ0v) is 8.61. The molecule has 0 aliphatic carbocycles. The molecule has 0 aromatic carbocycles. The predicted molar refractivity (Wildman–Crippen MR) is 48.8 cm³/mol. The van der Waals surface area contributed by atoms with Crippen LogP contribution in [0, 0.1) is 5.41 Å². The Labute approximate surface area is 70.6 Å². The van der Waals surface area contributed by atoms with Crippen LogP contribution in [0.2, 0.25) is 0 Å². The van der Waals surface area contributed by atoms with Crippen LogP contribution in [-0.2, 0) is 0 Å². The van der Waals surface area contributed by atoms with Crippen molar-refractivity contribution in [2.24, 2.45) is 5.41 Å². The van der Waals surface area contributed by atoms with Gasteiger partial charge in [0.05, 0.1) is 0 Å². The van der Waals surface area contributed by atoms with E-state index in [1.807, 2.05) is 0 Å². The Kier molecular flexibility index (Phi) is 6.82. The maximum atomic E-state index is 11.2. The summed E-state index contributed by atoms with van der Waals surface area (Å²) < 4.78 is 0. The van der Waals surface area contributed by atoms with Crippen molar-refractivity contribution < 1.29 is 5.11 Å². The van der Waals surface area contributed by atoms with Gasteiger partial charge in [-0.25, -0.2) is 0 Å². The minimum absolute atomic E-state index is 0.